The third-order valence-electron chi connectivity index (χ3n) is 3.10. The number of fused-ring (bicyclic) bond motifs is 1. The standard InChI is InChI=1S/C15H10Cl3N/c16-12-6-5-11(13(17)8-12)9-19-14-4-2-1-3-10(14)7-15(19)18/h1-8H,9H2. The van der Waals surface area contributed by atoms with E-state index in [0.29, 0.717) is 21.7 Å². The van der Waals surface area contributed by atoms with Crippen LogP contribution in [0.4, 0.5) is 0 Å². The molecule has 1 nitrogen and oxygen atoms in total. The highest BCUT2D eigenvalue weighted by Crippen LogP contribution is 2.27. The summed E-state index contributed by atoms with van der Waals surface area (Å²) in [6, 6.07) is 15.6. The Hall–Kier alpha value is -1.15. The molecule has 0 amide bonds. The molecule has 1 heterocycles. The van der Waals surface area contributed by atoms with Crippen LogP contribution in [0.1, 0.15) is 5.56 Å². The van der Waals surface area contributed by atoms with Gasteiger partial charge in [-0.25, -0.2) is 0 Å². The highest BCUT2D eigenvalue weighted by molar-refractivity contribution is 6.35. The first-order valence-corrected chi connectivity index (χ1v) is 6.96. The van der Waals surface area contributed by atoms with E-state index >= 15 is 0 Å². The fourth-order valence-corrected chi connectivity index (χ4v) is 2.89. The first kappa shape index (κ1) is 12.9. The number of hydrogen-bond acceptors (Lipinski definition) is 0. The summed E-state index contributed by atoms with van der Waals surface area (Å²) in [6.45, 7) is 0.627. The Bertz CT molecular complexity index is 746. The highest BCUT2D eigenvalue weighted by Gasteiger charge is 2.09. The van der Waals surface area contributed by atoms with Crippen LogP contribution < -0.4 is 0 Å². The Morgan fingerprint density at radius 1 is 0.895 bits per heavy atom. The van der Waals surface area contributed by atoms with Gasteiger partial charge in [0.25, 0.3) is 0 Å². The SMILES string of the molecule is Clc1ccc(Cn2c(Cl)cc3ccccc32)c(Cl)c1. The molecule has 96 valence electrons. The highest BCUT2D eigenvalue weighted by atomic mass is 35.5. The summed E-state index contributed by atoms with van der Waals surface area (Å²) in [5.74, 6) is 0. The van der Waals surface area contributed by atoms with Gasteiger partial charge in [-0.2, -0.15) is 0 Å². The van der Waals surface area contributed by atoms with Crippen molar-refractivity contribution in [3.8, 4) is 0 Å². The number of nitrogens with zero attached hydrogens (tertiary/aromatic N) is 1. The predicted molar refractivity (Wildman–Crippen MR) is 82.5 cm³/mol. The van der Waals surface area contributed by atoms with Gasteiger partial charge in [0.1, 0.15) is 5.15 Å². The van der Waals surface area contributed by atoms with Gasteiger partial charge in [0.05, 0.1) is 6.54 Å². The number of aromatic nitrogens is 1. The van der Waals surface area contributed by atoms with Crippen LogP contribution in [0.3, 0.4) is 0 Å². The second kappa shape index (κ2) is 5.09. The minimum absolute atomic E-state index is 0.627. The lowest BCUT2D eigenvalue weighted by Crippen LogP contribution is -2.00. The molecule has 0 saturated heterocycles. The Balaban J connectivity index is 2.08. The van der Waals surface area contributed by atoms with Gasteiger partial charge < -0.3 is 4.57 Å². The third-order valence-corrected chi connectivity index (χ3v) is 4.00. The van der Waals surface area contributed by atoms with Crippen LogP contribution in [0, 0.1) is 0 Å². The Morgan fingerprint density at radius 3 is 2.47 bits per heavy atom. The minimum Gasteiger partial charge on any atom is -0.327 e. The molecule has 0 fully saturated rings. The van der Waals surface area contributed by atoms with Crippen molar-refractivity contribution in [1.82, 2.24) is 4.57 Å². The molecule has 0 N–H and O–H groups in total. The molecule has 0 spiro atoms. The van der Waals surface area contributed by atoms with Gasteiger partial charge in [0, 0.05) is 20.9 Å². The number of para-hydroxylation sites is 1. The van der Waals surface area contributed by atoms with E-state index in [1.54, 1.807) is 6.07 Å². The number of hydrogen-bond donors (Lipinski definition) is 0. The largest absolute Gasteiger partial charge is 0.327 e. The molecule has 3 rings (SSSR count). The quantitative estimate of drug-likeness (QED) is 0.576. The molecule has 4 heteroatoms. The molecule has 0 aliphatic rings. The van der Waals surface area contributed by atoms with Gasteiger partial charge in [-0.1, -0.05) is 59.1 Å². The summed E-state index contributed by atoms with van der Waals surface area (Å²) in [5, 5.41) is 3.11. The maximum absolute atomic E-state index is 6.29. The van der Waals surface area contributed by atoms with Crippen molar-refractivity contribution in [2.75, 3.05) is 0 Å². The monoisotopic (exact) mass is 309 g/mol. The van der Waals surface area contributed by atoms with E-state index in [1.165, 1.54) is 0 Å². The van der Waals surface area contributed by atoms with Gasteiger partial charge >= 0.3 is 0 Å². The summed E-state index contributed by atoms with van der Waals surface area (Å²) in [7, 11) is 0. The van der Waals surface area contributed by atoms with Crippen molar-refractivity contribution in [3.63, 3.8) is 0 Å². The second-order valence-corrected chi connectivity index (χ2v) is 5.58. The van der Waals surface area contributed by atoms with E-state index in [4.69, 9.17) is 34.8 Å². The van der Waals surface area contributed by atoms with Crippen LogP contribution in [-0.2, 0) is 6.54 Å². The zero-order chi connectivity index (χ0) is 13.4. The third kappa shape index (κ3) is 2.46. The molecule has 0 aliphatic carbocycles. The second-order valence-electron chi connectivity index (χ2n) is 4.35. The molecule has 0 unspecified atom stereocenters. The molecule has 2 aromatic carbocycles. The molecule has 0 saturated carbocycles. The average molecular weight is 311 g/mol. The smallest absolute Gasteiger partial charge is 0.110 e. The zero-order valence-electron chi connectivity index (χ0n) is 9.91. The van der Waals surface area contributed by atoms with Gasteiger partial charge in [-0.15, -0.1) is 0 Å². The summed E-state index contributed by atoms with van der Waals surface area (Å²) in [4.78, 5) is 0. The summed E-state index contributed by atoms with van der Waals surface area (Å²) in [5.41, 5.74) is 2.09. The minimum atomic E-state index is 0.627. The van der Waals surface area contributed by atoms with Gasteiger partial charge in [0.15, 0.2) is 0 Å². The van der Waals surface area contributed by atoms with Crippen LogP contribution in [0.2, 0.25) is 15.2 Å². The molecule has 1 aromatic heterocycles. The Morgan fingerprint density at radius 2 is 1.68 bits per heavy atom. The van der Waals surface area contributed by atoms with E-state index in [0.717, 1.165) is 16.5 Å². The topological polar surface area (TPSA) is 4.93 Å². The molecule has 0 atom stereocenters. The number of benzene rings is 2. The van der Waals surface area contributed by atoms with Crippen LogP contribution in [0.25, 0.3) is 10.9 Å². The van der Waals surface area contributed by atoms with Crippen LogP contribution in [-0.4, -0.2) is 4.57 Å². The van der Waals surface area contributed by atoms with E-state index in [-0.39, 0.29) is 0 Å². The molecule has 0 radical (unpaired) electrons. The maximum atomic E-state index is 6.29. The molecular formula is C15H10Cl3N. The van der Waals surface area contributed by atoms with E-state index in [2.05, 4.69) is 0 Å². The molecule has 19 heavy (non-hydrogen) atoms. The van der Waals surface area contributed by atoms with Crippen LogP contribution >= 0.6 is 34.8 Å². The van der Waals surface area contributed by atoms with Crippen molar-refractivity contribution in [2.45, 2.75) is 6.54 Å². The first-order chi connectivity index (χ1) is 9.15. The fourth-order valence-electron chi connectivity index (χ4n) is 2.16. The Kier molecular flexibility index (Phi) is 3.44. The lowest BCUT2D eigenvalue weighted by atomic mass is 10.2. The lowest BCUT2D eigenvalue weighted by molar-refractivity contribution is 0.838. The van der Waals surface area contributed by atoms with Crippen molar-refractivity contribution in [3.05, 3.63) is 69.3 Å². The summed E-state index contributed by atoms with van der Waals surface area (Å²) < 4.78 is 2.03. The van der Waals surface area contributed by atoms with Crippen LogP contribution in [0.15, 0.2) is 48.5 Å². The van der Waals surface area contributed by atoms with Crippen molar-refractivity contribution in [1.29, 1.82) is 0 Å². The predicted octanol–water partition coefficient (Wildman–Crippen LogP) is 5.65. The molecule has 3 aromatic rings. The normalized spacial score (nSPS) is 11.1. The van der Waals surface area contributed by atoms with Crippen molar-refractivity contribution in [2.24, 2.45) is 0 Å². The first-order valence-electron chi connectivity index (χ1n) is 5.83. The summed E-state index contributed by atoms with van der Waals surface area (Å²) in [6.07, 6.45) is 0. The summed E-state index contributed by atoms with van der Waals surface area (Å²) >= 11 is 18.4. The van der Waals surface area contributed by atoms with Crippen molar-refractivity contribution >= 4 is 45.7 Å². The number of halogens is 3. The fraction of sp³-hybridized carbons (Fsp3) is 0.0667. The average Bonchev–Trinajstić information content (AvgIpc) is 2.69. The maximum Gasteiger partial charge on any atom is 0.110 e. The Labute approximate surface area is 126 Å². The van der Waals surface area contributed by atoms with Gasteiger partial charge in [-0.3, -0.25) is 0 Å². The van der Waals surface area contributed by atoms with E-state index in [9.17, 15) is 0 Å². The van der Waals surface area contributed by atoms with Gasteiger partial charge in [-0.05, 0) is 29.8 Å². The lowest BCUT2D eigenvalue weighted by Gasteiger charge is -2.09. The van der Waals surface area contributed by atoms with E-state index in [1.807, 2.05) is 47.0 Å². The number of rotatable bonds is 2. The van der Waals surface area contributed by atoms with Crippen LogP contribution in [0.5, 0.6) is 0 Å². The van der Waals surface area contributed by atoms with Crippen molar-refractivity contribution < 1.29 is 0 Å². The molecule has 0 bridgehead atoms. The van der Waals surface area contributed by atoms with E-state index < -0.39 is 0 Å². The molecule has 0 aliphatic heterocycles. The zero-order valence-corrected chi connectivity index (χ0v) is 12.2. The molecular weight excluding hydrogens is 301 g/mol. The van der Waals surface area contributed by atoms with Gasteiger partial charge in [0.2, 0.25) is 0 Å².